The lowest BCUT2D eigenvalue weighted by molar-refractivity contribution is 0.101. The van der Waals surface area contributed by atoms with Gasteiger partial charge in [-0.1, -0.05) is 5.16 Å². The maximum absolute atomic E-state index is 13.0. The van der Waals surface area contributed by atoms with Crippen molar-refractivity contribution in [3.05, 3.63) is 35.5 Å². The summed E-state index contributed by atoms with van der Waals surface area (Å²) >= 11 is 0. The van der Waals surface area contributed by atoms with Gasteiger partial charge in [0.25, 0.3) is 11.7 Å². The number of aromatic nitrogens is 2. The third-order valence-electron chi connectivity index (χ3n) is 4.57. The summed E-state index contributed by atoms with van der Waals surface area (Å²) in [5.41, 5.74) is 0.886. The van der Waals surface area contributed by atoms with Crippen molar-refractivity contribution in [3.63, 3.8) is 0 Å². The number of nitrogens with zero attached hydrogens (tertiary/aromatic N) is 2. The summed E-state index contributed by atoms with van der Waals surface area (Å²) in [6.45, 7) is 6.75. The lowest BCUT2D eigenvalue weighted by Gasteiger charge is -2.27. The molecule has 0 spiro atoms. The molecule has 3 rings (SSSR count). The molecule has 0 unspecified atom stereocenters. The van der Waals surface area contributed by atoms with Crippen LogP contribution in [0.2, 0.25) is 0 Å². The first-order valence-corrected chi connectivity index (χ1v) is 10.8. The molecule has 1 aliphatic heterocycles. The first kappa shape index (κ1) is 21.2. The molecule has 2 heterocycles. The summed E-state index contributed by atoms with van der Waals surface area (Å²) < 4.78 is 35.6. The summed E-state index contributed by atoms with van der Waals surface area (Å²) in [5.74, 6) is -0.121. The monoisotopic (exact) mass is 423 g/mol. The van der Waals surface area contributed by atoms with Crippen molar-refractivity contribution < 1.29 is 22.5 Å². The van der Waals surface area contributed by atoms with Gasteiger partial charge in [-0.2, -0.15) is 4.98 Å². The van der Waals surface area contributed by atoms with Gasteiger partial charge < -0.3 is 25.2 Å². The molecule has 3 N–H and O–H groups in total. The minimum atomic E-state index is -3.52. The number of sulfone groups is 1. The van der Waals surface area contributed by atoms with Crippen LogP contribution in [0.4, 0.5) is 5.69 Å². The third kappa shape index (κ3) is 5.11. The Morgan fingerprint density at radius 3 is 2.79 bits per heavy atom. The number of carbonyl (C=O) groups excluding carboxylic acids is 1. The van der Waals surface area contributed by atoms with Crippen molar-refractivity contribution in [2.75, 3.05) is 31.7 Å². The van der Waals surface area contributed by atoms with Gasteiger partial charge in [-0.05, 0) is 32.0 Å². The van der Waals surface area contributed by atoms with Gasteiger partial charge in [-0.3, -0.25) is 4.79 Å². The molecule has 158 valence electrons. The Morgan fingerprint density at radius 2 is 2.07 bits per heavy atom. The van der Waals surface area contributed by atoms with E-state index >= 15 is 0 Å². The molecule has 0 aliphatic carbocycles. The van der Waals surface area contributed by atoms with Crippen molar-refractivity contribution in [1.29, 1.82) is 0 Å². The van der Waals surface area contributed by atoms with Crippen molar-refractivity contribution >= 4 is 21.4 Å². The van der Waals surface area contributed by atoms with Crippen molar-refractivity contribution in [2.45, 2.75) is 31.3 Å². The first-order chi connectivity index (χ1) is 13.7. The van der Waals surface area contributed by atoms with E-state index in [0.29, 0.717) is 43.4 Å². The molecule has 1 aromatic carbocycles. The standard InChI is InChI=1S/C18H25N5O5S/c1-12-21-16(23-28-12)17(24)22-14-4-5-15-13(8-14)9-29(25,26)18(2,3)10-20-11-19-6-7-27-15/h4-5,8,19-20H,6-7,9-11H2,1-3H3,(H,22,24). The Bertz CT molecular complexity index is 986. The van der Waals surface area contributed by atoms with Crippen LogP contribution in [-0.4, -0.2) is 55.6 Å². The van der Waals surface area contributed by atoms with Gasteiger partial charge in [0.1, 0.15) is 12.4 Å². The Kier molecular flexibility index (Phi) is 6.20. The van der Waals surface area contributed by atoms with E-state index in [0.717, 1.165) is 0 Å². The Hall–Kier alpha value is -2.50. The number of amides is 1. The zero-order valence-electron chi connectivity index (χ0n) is 16.6. The van der Waals surface area contributed by atoms with E-state index in [-0.39, 0.29) is 17.5 Å². The highest BCUT2D eigenvalue weighted by Crippen LogP contribution is 2.29. The average Bonchev–Trinajstić information content (AvgIpc) is 3.07. The van der Waals surface area contributed by atoms with E-state index in [1.54, 1.807) is 39.0 Å². The van der Waals surface area contributed by atoms with Crippen LogP contribution in [0, 0.1) is 6.92 Å². The van der Waals surface area contributed by atoms with Gasteiger partial charge in [0.15, 0.2) is 9.84 Å². The van der Waals surface area contributed by atoms with Crippen LogP contribution in [0.3, 0.4) is 0 Å². The van der Waals surface area contributed by atoms with Gasteiger partial charge >= 0.3 is 0 Å². The number of rotatable bonds is 2. The molecular weight excluding hydrogens is 398 g/mol. The average molecular weight is 423 g/mol. The molecule has 10 nitrogen and oxygen atoms in total. The minimum Gasteiger partial charge on any atom is -0.492 e. The van der Waals surface area contributed by atoms with Crippen molar-refractivity contribution in [3.8, 4) is 5.75 Å². The number of nitrogens with one attached hydrogen (secondary N) is 3. The molecule has 0 radical (unpaired) electrons. The molecule has 1 aromatic heterocycles. The lowest BCUT2D eigenvalue weighted by atomic mass is 10.2. The fourth-order valence-corrected chi connectivity index (χ4v) is 4.12. The molecule has 0 atom stereocenters. The number of aryl methyl sites for hydroxylation is 1. The van der Waals surface area contributed by atoms with Crippen LogP contribution >= 0.6 is 0 Å². The topological polar surface area (TPSA) is 135 Å². The SMILES string of the molecule is Cc1nc(C(=O)Nc2ccc3c(c2)CS(=O)(=O)C(C)(C)CNCNCCO3)no1. The number of ether oxygens (including phenoxy) is 1. The number of benzene rings is 1. The lowest BCUT2D eigenvalue weighted by Crippen LogP contribution is -2.46. The Labute approximate surface area is 169 Å². The maximum Gasteiger partial charge on any atom is 0.297 e. The molecular formula is C18H25N5O5S. The quantitative estimate of drug-likeness (QED) is 0.642. The van der Waals surface area contributed by atoms with E-state index in [2.05, 4.69) is 26.1 Å². The van der Waals surface area contributed by atoms with Gasteiger partial charge in [-0.15, -0.1) is 0 Å². The Balaban J connectivity index is 1.89. The first-order valence-electron chi connectivity index (χ1n) is 9.19. The van der Waals surface area contributed by atoms with Gasteiger partial charge in [0.2, 0.25) is 5.89 Å². The van der Waals surface area contributed by atoms with Gasteiger partial charge in [0.05, 0.1) is 10.5 Å². The molecule has 0 saturated heterocycles. The summed E-state index contributed by atoms with van der Waals surface area (Å²) in [6, 6.07) is 4.89. The summed E-state index contributed by atoms with van der Waals surface area (Å²) in [6.07, 6.45) is 0. The zero-order valence-corrected chi connectivity index (χ0v) is 17.4. The van der Waals surface area contributed by atoms with Crippen LogP contribution in [0.25, 0.3) is 0 Å². The number of hydrogen-bond donors (Lipinski definition) is 3. The molecule has 2 aromatic rings. The van der Waals surface area contributed by atoms with E-state index in [1.807, 2.05) is 0 Å². The summed E-state index contributed by atoms with van der Waals surface area (Å²) in [5, 5.41) is 12.5. The molecule has 0 saturated carbocycles. The van der Waals surface area contributed by atoms with E-state index in [1.165, 1.54) is 0 Å². The second-order valence-corrected chi connectivity index (χ2v) is 10.0. The highest BCUT2D eigenvalue weighted by atomic mass is 32.2. The Morgan fingerprint density at radius 1 is 1.28 bits per heavy atom. The van der Waals surface area contributed by atoms with Gasteiger partial charge in [-0.25, -0.2) is 8.42 Å². The van der Waals surface area contributed by atoms with Gasteiger partial charge in [0, 0.05) is 37.9 Å². The normalized spacial score (nSPS) is 19.1. The van der Waals surface area contributed by atoms with Crippen LogP contribution < -0.4 is 20.7 Å². The van der Waals surface area contributed by atoms with E-state index in [4.69, 9.17) is 9.26 Å². The highest BCUT2D eigenvalue weighted by molar-refractivity contribution is 7.92. The highest BCUT2D eigenvalue weighted by Gasteiger charge is 2.35. The summed E-state index contributed by atoms with van der Waals surface area (Å²) in [4.78, 5) is 16.2. The second-order valence-electron chi connectivity index (χ2n) is 7.38. The minimum absolute atomic E-state index is 0.0996. The summed E-state index contributed by atoms with van der Waals surface area (Å²) in [7, 11) is -3.52. The predicted octanol–water partition coefficient (Wildman–Crippen LogP) is 0.853. The van der Waals surface area contributed by atoms with E-state index < -0.39 is 20.5 Å². The predicted molar refractivity (Wildman–Crippen MR) is 107 cm³/mol. The van der Waals surface area contributed by atoms with Crippen LogP contribution in [0.15, 0.2) is 22.7 Å². The number of carbonyl (C=O) groups is 1. The maximum atomic E-state index is 13.0. The van der Waals surface area contributed by atoms with Crippen molar-refractivity contribution in [1.82, 2.24) is 20.8 Å². The molecule has 11 heteroatoms. The fraction of sp³-hybridized carbons (Fsp3) is 0.500. The number of hydrogen-bond acceptors (Lipinski definition) is 9. The smallest absolute Gasteiger partial charge is 0.297 e. The van der Waals surface area contributed by atoms with Crippen LogP contribution in [0.5, 0.6) is 5.75 Å². The third-order valence-corrected chi connectivity index (χ3v) is 7.09. The molecule has 0 bridgehead atoms. The molecule has 1 aliphatic rings. The number of anilines is 1. The van der Waals surface area contributed by atoms with Crippen LogP contribution in [-0.2, 0) is 15.6 Å². The second kappa shape index (κ2) is 8.47. The van der Waals surface area contributed by atoms with Crippen molar-refractivity contribution in [2.24, 2.45) is 0 Å². The number of fused-ring (bicyclic) bond motifs is 1. The molecule has 1 amide bonds. The molecule has 29 heavy (non-hydrogen) atoms. The van der Waals surface area contributed by atoms with E-state index in [9.17, 15) is 13.2 Å². The zero-order chi connectivity index (χ0) is 21.1. The fourth-order valence-electron chi connectivity index (χ4n) is 2.77. The molecule has 0 fully saturated rings. The van der Waals surface area contributed by atoms with Crippen LogP contribution in [0.1, 0.15) is 35.9 Å². The largest absolute Gasteiger partial charge is 0.492 e.